The van der Waals surface area contributed by atoms with E-state index < -0.39 is 22.9 Å². The van der Waals surface area contributed by atoms with Crippen LogP contribution in [0.3, 0.4) is 0 Å². The van der Waals surface area contributed by atoms with Crippen molar-refractivity contribution in [2.24, 2.45) is 4.99 Å². The molecule has 41 heavy (non-hydrogen) atoms. The van der Waals surface area contributed by atoms with Gasteiger partial charge >= 0.3 is 0 Å². The van der Waals surface area contributed by atoms with Crippen molar-refractivity contribution in [1.82, 2.24) is 10.3 Å². The van der Waals surface area contributed by atoms with Crippen LogP contribution in [0.25, 0.3) is 5.57 Å². The lowest BCUT2D eigenvalue weighted by Crippen LogP contribution is -2.19. The van der Waals surface area contributed by atoms with E-state index >= 15 is 0 Å². The second-order valence-corrected chi connectivity index (χ2v) is 10.2. The molecular weight excluding hydrogens is 543 g/mol. The number of aromatic nitrogens is 1. The van der Waals surface area contributed by atoms with Crippen LogP contribution in [0.2, 0.25) is 0 Å². The summed E-state index contributed by atoms with van der Waals surface area (Å²) in [6.45, 7) is 1.58. The lowest BCUT2D eigenvalue weighted by Gasteiger charge is -2.15. The van der Waals surface area contributed by atoms with Crippen molar-refractivity contribution in [3.05, 3.63) is 126 Å². The summed E-state index contributed by atoms with van der Waals surface area (Å²) in [4.78, 5) is 34.1. The highest BCUT2D eigenvalue weighted by Gasteiger charge is 2.21. The van der Waals surface area contributed by atoms with Gasteiger partial charge in [0.15, 0.2) is 0 Å². The number of ether oxygens (including phenoxy) is 1. The Morgan fingerprint density at radius 3 is 2.22 bits per heavy atom. The second kappa shape index (κ2) is 13.5. The number of hydrogen-bond donors (Lipinski definition) is 2. The summed E-state index contributed by atoms with van der Waals surface area (Å²) in [5, 5.41) is 5.61. The Kier molecular flexibility index (Phi) is 9.62. The quantitative estimate of drug-likeness (QED) is 0.124. The Labute approximate surface area is 240 Å². The molecule has 4 rings (SSSR count). The summed E-state index contributed by atoms with van der Waals surface area (Å²) < 4.78 is 31.8. The average molecular weight is 571 g/mol. The summed E-state index contributed by atoms with van der Waals surface area (Å²) in [5.74, 6) is -0.404. The van der Waals surface area contributed by atoms with E-state index in [1.807, 2.05) is 30.3 Å². The van der Waals surface area contributed by atoms with E-state index in [2.05, 4.69) is 20.6 Å². The van der Waals surface area contributed by atoms with E-state index in [0.717, 1.165) is 0 Å². The molecule has 0 saturated carbocycles. The maximum absolute atomic E-state index is 13.8. The number of carbonyl (C=O) groups excluding carboxylic acids is 2. The minimum absolute atomic E-state index is 0.0225. The van der Waals surface area contributed by atoms with Gasteiger partial charge in [-0.25, -0.2) is 9.38 Å². The molecule has 0 radical (unpaired) electrons. The van der Waals surface area contributed by atoms with Crippen LogP contribution in [0, 0.1) is 5.82 Å². The number of pyridine rings is 1. The van der Waals surface area contributed by atoms with E-state index in [1.54, 1.807) is 49.4 Å². The monoisotopic (exact) mass is 570 g/mol. The number of aliphatic imine (C=N–C) groups is 1. The van der Waals surface area contributed by atoms with Gasteiger partial charge in [0.25, 0.3) is 11.8 Å². The molecule has 0 fully saturated rings. The van der Waals surface area contributed by atoms with Crippen LogP contribution in [-0.2, 0) is 16.0 Å². The molecule has 8 nitrogen and oxygen atoms in total. The number of carbonyl (C=O) groups is 2. The zero-order valence-corrected chi connectivity index (χ0v) is 23.4. The molecule has 1 aromatic heterocycles. The highest BCUT2D eigenvalue weighted by Crippen LogP contribution is 2.30. The van der Waals surface area contributed by atoms with Gasteiger partial charge in [-0.1, -0.05) is 42.5 Å². The minimum atomic E-state index is -1.43. The van der Waals surface area contributed by atoms with E-state index in [1.165, 1.54) is 37.7 Å². The van der Waals surface area contributed by atoms with Gasteiger partial charge in [-0.3, -0.25) is 14.6 Å². The van der Waals surface area contributed by atoms with Gasteiger partial charge in [0.2, 0.25) is 5.04 Å². The molecule has 208 valence electrons. The molecular formula is C31H27FN4O4S. The molecule has 0 spiro atoms. The molecule has 2 amide bonds. The van der Waals surface area contributed by atoms with Gasteiger partial charge in [-0.15, -0.1) is 0 Å². The summed E-state index contributed by atoms with van der Waals surface area (Å²) in [6, 6.07) is 24.6. The van der Waals surface area contributed by atoms with Gasteiger partial charge in [-0.05, 0) is 64.8 Å². The van der Waals surface area contributed by atoms with Crippen molar-refractivity contribution in [3.8, 4) is 11.5 Å². The zero-order chi connectivity index (χ0) is 29.4. The van der Waals surface area contributed by atoms with Crippen LogP contribution in [0.4, 0.5) is 10.1 Å². The number of halogens is 1. The fourth-order valence-corrected chi connectivity index (χ4v) is 3.98. The summed E-state index contributed by atoms with van der Waals surface area (Å²) >= 11 is -1.43. The fraction of sp³-hybridized carbons (Fsp3) is 0.0968. The molecule has 1 atom stereocenters. The zero-order valence-electron chi connectivity index (χ0n) is 22.6. The lowest BCUT2D eigenvalue weighted by molar-refractivity contribution is -0.112. The molecule has 1 heterocycles. The molecule has 1 unspecified atom stereocenters. The van der Waals surface area contributed by atoms with Crippen LogP contribution in [0.15, 0.2) is 108 Å². The number of rotatable bonds is 8. The van der Waals surface area contributed by atoms with Gasteiger partial charge in [-0.2, -0.15) is 0 Å². The first kappa shape index (κ1) is 29.2. The molecule has 0 aliphatic heterocycles. The van der Waals surface area contributed by atoms with Crippen molar-refractivity contribution in [3.63, 3.8) is 0 Å². The fourth-order valence-electron chi connectivity index (χ4n) is 3.76. The smallest absolute Gasteiger partial charge is 0.275 e. The minimum Gasteiger partial charge on any atom is -0.611 e. The first-order valence-electron chi connectivity index (χ1n) is 12.5. The van der Waals surface area contributed by atoms with Crippen molar-refractivity contribution < 1.29 is 23.3 Å². The Morgan fingerprint density at radius 2 is 1.59 bits per heavy atom. The van der Waals surface area contributed by atoms with E-state index in [0.29, 0.717) is 33.9 Å². The van der Waals surface area contributed by atoms with Gasteiger partial charge in [0, 0.05) is 37.5 Å². The highest BCUT2D eigenvalue weighted by atomic mass is 32.2. The van der Waals surface area contributed by atoms with Crippen LogP contribution >= 0.6 is 0 Å². The van der Waals surface area contributed by atoms with E-state index in [9.17, 15) is 18.5 Å². The Bertz CT molecular complexity index is 1590. The van der Waals surface area contributed by atoms with Crippen molar-refractivity contribution >= 4 is 39.3 Å². The number of benzene rings is 3. The van der Waals surface area contributed by atoms with Gasteiger partial charge in [0.1, 0.15) is 35.0 Å². The summed E-state index contributed by atoms with van der Waals surface area (Å²) in [6.07, 6.45) is 2.95. The number of amides is 2. The van der Waals surface area contributed by atoms with Crippen molar-refractivity contribution in [2.75, 3.05) is 18.6 Å². The largest absolute Gasteiger partial charge is 0.611 e. The standard InChI is InChI=1S/C31H27FN4O4S/c1-20(41(3)39)35-29(28(21-7-5-4-6-8-21)22-9-11-23(32)12-10-22)31(38)36-24-13-15-25(16-14-24)40-26-17-18-34-27(19-26)30(37)33-2/h4-19H,1-3H3,(H,33,37)(H,36,38)/b29-28+,35-20+. The van der Waals surface area contributed by atoms with Gasteiger partial charge < -0.3 is 19.9 Å². The average Bonchev–Trinajstić information content (AvgIpc) is 2.98. The van der Waals surface area contributed by atoms with Crippen LogP contribution < -0.4 is 15.4 Å². The predicted molar refractivity (Wildman–Crippen MR) is 159 cm³/mol. The number of nitrogens with zero attached hydrogens (tertiary/aromatic N) is 2. The molecule has 0 bridgehead atoms. The van der Waals surface area contributed by atoms with Crippen LogP contribution in [0.1, 0.15) is 28.5 Å². The topological polar surface area (TPSA) is 116 Å². The third-order valence-corrected chi connectivity index (χ3v) is 6.79. The second-order valence-electron chi connectivity index (χ2n) is 8.72. The Morgan fingerprint density at radius 1 is 0.927 bits per heavy atom. The van der Waals surface area contributed by atoms with Crippen LogP contribution in [-0.4, -0.2) is 39.7 Å². The summed E-state index contributed by atoms with van der Waals surface area (Å²) in [7, 11) is 1.52. The molecule has 0 aliphatic carbocycles. The van der Waals surface area contributed by atoms with E-state index in [4.69, 9.17) is 4.74 Å². The molecule has 4 aromatic rings. The summed E-state index contributed by atoms with van der Waals surface area (Å²) in [5.41, 5.74) is 2.40. The van der Waals surface area contributed by atoms with Crippen LogP contribution in [0.5, 0.6) is 11.5 Å². The predicted octanol–water partition coefficient (Wildman–Crippen LogP) is 5.57. The number of nitrogens with one attached hydrogen (secondary N) is 2. The Balaban J connectivity index is 1.67. The Hall–Kier alpha value is -4.80. The number of anilines is 1. The molecule has 0 aliphatic rings. The van der Waals surface area contributed by atoms with Crippen molar-refractivity contribution in [1.29, 1.82) is 0 Å². The third kappa shape index (κ3) is 7.65. The first-order valence-corrected chi connectivity index (χ1v) is 14.0. The maximum Gasteiger partial charge on any atom is 0.275 e. The van der Waals surface area contributed by atoms with Crippen molar-refractivity contribution in [2.45, 2.75) is 6.92 Å². The maximum atomic E-state index is 13.8. The molecule has 3 aromatic carbocycles. The normalized spacial score (nSPS) is 12.7. The molecule has 10 heteroatoms. The number of hydrogen-bond acceptors (Lipinski definition) is 6. The van der Waals surface area contributed by atoms with Gasteiger partial charge in [0.05, 0.1) is 0 Å². The third-order valence-electron chi connectivity index (χ3n) is 5.87. The SMILES string of the molecule is CNC(=O)c1cc(Oc2ccc(NC(=O)C(/N=C(\C)[S+](C)[O-])=C(/c3ccccc3)c3ccc(F)cc3)cc2)ccn1. The highest BCUT2D eigenvalue weighted by molar-refractivity contribution is 8.05. The molecule has 0 saturated heterocycles. The first-order chi connectivity index (χ1) is 19.7. The lowest BCUT2D eigenvalue weighted by atomic mass is 9.95. The van der Waals surface area contributed by atoms with E-state index in [-0.39, 0.29) is 22.3 Å². The molecule has 2 N–H and O–H groups in total.